The molecule has 3 rings (SSSR count). The number of aromatic amines is 2. The number of hydrogen-bond donors (Lipinski definition) is 2. The lowest BCUT2D eigenvalue weighted by atomic mass is 10.3. The van der Waals surface area contributed by atoms with Crippen LogP contribution < -0.4 is 5.69 Å². The molecule has 0 saturated carbocycles. The van der Waals surface area contributed by atoms with Gasteiger partial charge in [0.1, 0.15) is 0 Å². The standard InChI is InChI=1S/C16H25N5O5S2/c1-19(2)27(23,24)11-3-6-20-7-9-21(10-8-20)28(25,26)13-4-5-14-15(12-13)18-16(22)17-14/h4-5,12H,3,6-11H2,1-2H3,(H2,17,18,22). The maximum atomic E-state index is 12.9. The molecule has 2 heterocycles. The number of nitrogens with zero attached hydrogens (tertiary/aromatic N) is 3. The third-order valence-corrected chi connectivity index (χ3v) is 8.70. The summed E-state index contributed by atoms with van der Waals surface area (Å²) in [7, 11) is -3.84. The Morgan fingerprint density at radius 1 is 1.00 bits per heavy atom. The van der Waals surface area contributed by atoms with E-state index in [0.29, 0.717) is 50.2 Å². The average molecular weight is 432 g/mol. The Hall–Kier alpha value is -1.73. The van der Waals surface area contributed by atoms with Gasteiger partial charge < -0.3 is 14.9 Å². The van der Waals surface area contributed by atoms with Crippen molar-refractivity contribution in [3.05, 3.63) is 28.7 Å². The summed E-state index contributed by atoms with van der Waals surface area (Å²) >= 11 is 0. The van der Waals surface area contributed by atoms with Crippen LogP contribution in [-0.2, 0) is 20.0 Å². The van der Waals surface area contributed by atoms with Crippen molar-refractivity contribution in [2.75, 3.05) is 52.6 Å². The van der Waals surface area contributed by atoms with Gasteiger partial charge in [-0.3, -0.25) is 0 Å². The Morgan fingerprint density at radius 3 is 2.29 bits per heavy atom. The van der Waals surface area contributed by atoms with E-state index in [0.717, 1.165) is 0 Å². The maximum Gasteiger partial charge on any atom is 0.323 e. The summed E-state index contributed by atoms with van der Waals surface area (Å²) in [6.45, 7) is 2.38. The number of hydrogen-bond acceptors (Lipinski definition) is 6. The van der Waals surface area contributed by atoms with Crippen LogP contribution in [0.5, 0.6) is 0 Å². The molecule has 0 aliphatic carbocycles. The summed E-state index contributed by atoms with van der Waals surface area (Å²) in [5.74, 6) is 0.0768. The number of piperazine rings is 1. The second-order valence-electron chi connectivity index (χ2n) is 6.98. The minimum atomic E-state index is -3.65. The van der Waals surface area contributed by atoms with Gasteiger partial charge in [0, 0.05) is 40.3 Å². The van der Waals surface area contributed by atoms with Gasteiger partial charge in [0.2, 0.25) is 20.0 Å². The molecule has 1 aromatic carbocycles. The van der Waals surface area contributed by atoms with Crippen LogP contribution in [0.2, 0.25) is 0 Å². The SMILES string of the molecule is CN(C)S(=O)(=O)CCCN1CCN(S(=O)(=O)c2ccc3[nH]c(=O)[nH]c3c2)CC1. The molecule has 1 aliphatic heterocycles. The summed E-state index contributed by atoms with van der Waals surface area (Å²) < 4.78 is 52.0. The number of aromatic nitrogens is 2. The molecule has 1 aliphatic rings. The number of fused-ring (bicyclic) bond motifs is 1. The van der Waals surface area contributed by atoms with Crippen molar-refractivity contribution in [3.8, 4) is 0 Å². The van der Waals surface area contributed by atoms with Crippen LogP contribution in [0.1, 0.15) is 6.42 Å². The van der Waals surface area contributed by atoms with Crippen molar-refractivity contribution in [1.29, 1.82) is 0 Å². The van der Waals surface area contributed by atoms with Crippen LogP contribution in [0.4, 0.5) is 0 Å². The molecule has 28 heavy (non-hydrogen) atoms. The predicted molar refractivity (Wildman–Crippen MR) is 106 cm³/mol. The number of H-pyrrole nitrogens is 2. The zero-order chi connectivity index (χ0) is 20.5. The lowest BCUT2D eigenvalue weighted by molar-refractivity contribution is 0.189. The molecule has 0 atom stereocenters. The molecule has 2 N–H and O–H groups in total. The quantitative estimate of drug-likeness (QED) is 0.605. The van der Waals surface area contributed by atoms with E-state index >= 15 is 0 Å². The Balaban J connectivity index is 1.59. The highest BCUT2D eigenvalue weighted by molar-refractivity contribution is 7.89. The van der Waals surface area contributed by atoms with Gasteiger partial charge in [-0.1, -0.05) is 0 Å². The zero-order valence-electron chi connectivity index (χ0n) is 15.9. The van der Waals surface area contributed by atoms with E-state index in [1.165, 1.54) is 34.8 Å². The van der Waals surface area contributed by atoms with Gasteiger partial charge >= 0.3 is 5.69 Å². The minimum absolute atomic E-state index is 0.0768. The van der Waals surface area contributed by atoms with Crippen LogP contribution >= 0.6 is 0 Å². The third kappa shape index (κ3) is 4.46. The highest BCUT2D eigenvalue weighted by Gasteiger charge is 2.29. The Bertz CT molecular complexity index is 1100. The normalized spacial score (nSPS) is 17.5. The van der Waals surface area contributed by atoms with Gasteiger partial charge in [-0.05, 0) is 31.2 Å². The summed E-state index contributed by atoms with van der Waals surface area (Å²) in [6.07, 6.45) is 0.505. The van der Waals surface area contributed by atoms with E-state index in [1.807, 2.05) is 0 Å². The first-order chi connectivity index (χ1) is 13.1. The summed E-state index contributed by atoms with van der Waals surface area (Å²) in [5.41, 5.74) is 0.628. The van der Waals surface area contributed by atoms with Gasteiger partial charge in [0.25, 0.3) is 0 Å². The number of sulfonamides is 2. The van der Waals surface area contributed by atoms with E-state index in [4.69, 9.17) is 0 Å². The first-order valence-electron chi connectivity index (χ1n) is 8.94. The summed E-state index contributed by atoms with van der Waals surface area (Å²) in [4.78, 5) is 18.7. The molecule has 0 spiro atoms. The van der Waals surface area contributed by atoms with Crippen LogP contribution in [0.3, 0.4) is 0 Å². The summed E-state index contributed by atoms with van der Waals surface area (Å²) in [6, 6.07) is 4.52. The smallest absolute Gasteiger partial charge is 0.306 e. The van der Waals surface area contributed by atoms with Gasteiger partial charge in [0.15, 0.2) is 0 Å². The lowest BCUT2D eigenvalue weighted by Gasteiger charge is -2.34. The third-order valence-electron chi connectivity index (χ3n) is 4.89. The molecule has 0 amide bonds. The zero-order valence-corrected chi connectivity index (χ0v) is 17.5. The first-order valence-corrected chi connectivity index (χ1v) is 12.0. The largest absolute Gasteiger partial charge is 0.323 e. The second kappa shape index (κ2) is 7.95. The number of imidazole rings is 1. The number of benzene rings is 1. The van der Waals surface area contributed by atoms with Crippen LogP contribution in [0.25, 0.3) is 11.0 Å². The molecule has 1 aromatic heterocycles. The monoisotopic (exact) mass is 431 g/mol. The van der Waals surface area contributed by atoms with E-state index in [-0.39, 0.29) is 16.3 Å². The molecule has 10 nitrogen and oxygen atoms in total. The van der Waals surface area contributed by atoms with Crippen molar-refractivity contribution in [2.24, 2.45) is 0 Å². The Morgan fingerprint density at radius 2 is 1.64 bits per heavy atom. The molecular formula is C16H25N5O5S2. The topological polar surface area (TPSA) is 127 Å². The minimum Gasteiger partial charge on any atom is -0.306 e. The molecule has 156 valence electrons. The fourth-order valence-corrected chi connectivity index (χ4v) is 5.48. The first kappa shape index (κ1) is 21.0. The molecule has 2 aromatic rings. The molecule has 1 fully saturated rings. The maximum absolute atomic E-state index is 12.9. The van der Waals surface area contributed by atoms with Crippen molar-refractivity contribution < 1.29 is 16.8 Å². The Labute approximate surface area is 164 Å². The van der Waals surface area contributed by atoms with Gasteiger partial charge in [-0.15, -0.1) is 0 Å². The van der Waals surface area contributed by atoms with Crippen LogP contribution in [0, 0.1) is 0 Å². The average Bonchev–Trinajstić information content (AvgIpc) is 3.01. The molecule has 0 radical (unpaired) electrons. The molecular weight excluding hydrogens is 406 g/mol. The lowest BCUT2D eigenvalue weighted by Crippen LogP contribution is -2.48. The van der Waals surface area contributed by atoms with E-state index in [9.17, 15) is 21.6 Å². The highest BCUT2D eigenvalue weighted by Crippen LogP contribution is 2.20. The van der Waals surface area contributed by atoms with Crippen LogP contribution in [0.15, 0.2) is 27.9 Å². The van der Waals surface area contributed by atoms with Crippen molar-refractivity contribution >= 4 is 31.1 Å². The number of rotatable bonds is 7. The number of nitrogens with one attached hydrogen (secondary N) is 2. The van der Waals surface area contributed by atoms with E-state index in [2.05, 4.69) is 14.9 Å². The van der Waals surface area contributed by atoms with Crippen LogP contribution in [-0.4, -0.2) is 92.9 Å². The fraction of sp³-hybridized carbons (Fsp3) is 0.562. The molecule has 0 bridgehead atoms. The molecule has 1 saturated heterocycles. The summed E-state index contributed by atoms with van der Waals surface area (Å²) in [5, 5.41) is 0. The van der Waals surface area contributed by atoms with Crippen molar-refractivity contribution in [2.45, 2.75) is 11.3 Å². The second-order valence-corrected chi connectivity index (χ2v) is 11.2. The predicted octanol–water partition coefficient (Wildman–Crippen LogP) is -0.556. The Kier molecular flexibility index (Phi) is 5.96. The van der Waals surface area contributed by atoms with Crippen molar-refractivity contribution in [3.63, 3.8) is 0 Å². The van der Waals surface area contributed by atoms with Gasteiger partial charge in [-0.25, -0.2) is 25.9 Å². The van der Waals surface area contributed by atoms with Gasteiger partial charge in [0.05, 0.1) is 21.7 Å². The molecule has 12 heteroatoms. The van der Waals surface area contributed by atoms with Crippen molar-refractivity contribution in [1.82, 2.24) is 23.5 Å². The van der Waals surface area contributed by atoms with E-state index < -0.39 is 20.0 Å². The fourth-order valence-electron chi connectivity index (χ4n) is 3.17. The highest BCUT2D eigenvalue weighted by atomic mass is 32.2. The van der Waals surface area contributed by atoms with E-state index in [1.54, 1.807) is 6.07 Å². The van der Waals surface area contributed by atoms with Gasteiger partial charge in [-0.2, -0.15) is 4.31 Å². The molecule has 0 unspecified atom stereocenters.